The summed E-state index contributed by atoms with van der Waals surface area (Å²) in [6.07, 6.45) is 1.69. The minimum atomic E-state index is -0.649. The van der Waals surface area contributed by atoms with Gasteiger partial charge in [-0.25, -0.2) is 4.79 Å². The Bertz CT molecular complexity index is 842. The number of aryl methyl sites for hydroxylation is 2. The summed E-state index contributed by atoms with van der Waals surface area (Å²) in [7, 11) is 0. The molecule has 0 atom stereocenters. The SMILES string of the molecule is Cc1ccc(C)c(OC2CCN(C(=O)c3cccc(NC(N)=O)c3)CC2)c1. The lowest BCUT2D eigenvalue weighted by molar-refractivity contribution is 0.0594. The van der Waals surface area contributed by atoms with E-state index in [1.54, 1.807) is 24.3 Å². The van der Waals surface area contributed by atoms with Crippen LogP contribution in [0.4, 0.5) is 10.5 Å². The van der Waals surface area contributed by atoms with Gasteiger partial charge in [0, 0.05) is 37.2 Å². The number of urea groups is 1. The van der Waals surface area contributed by atoms with Crippen molar-refractivity contribution in [3.05, 3.63) is 59.2 Å². The number of piperidine rings is 1. The lowest BCUT2D eigenvalue weighted by Gasteiger charge is -2.32. The zero-order valence-corrected chi connectivity index (χ0v) is 15.7. The van der Waals surface area contributed by atoms with Gasteiger partial charge in [-0.2, -0.15) is 0 Å². The van der Waals surface area contributed by atoms with Gasteiger partial charge < -0.3 is 20.7 Å². The number of anilines is 1. The molecule has 0 spiro atoms. The molecule has 0 aromatic heterocycles. The number of likely N-dealkylation sites (tertiary alicyclic amines) is 1. The van der Waals surface area contributed by atoms with Crippen molar-refractivity contribution in [2.75, 3.05) is 18.4 Å². The maximum absolute atomic E-state index is 12.7. The van der Waals surface area contributed by atoms with Gasteiger partial charge in [-0.15, -0.1) is 0 Å². The summed E-state index contributed by atoms with van der Waals surface area (Å²) in [5.74, 6) is 0.873. The fourth-order valence-electron chi connectivity index (χ4n) is 3.25. The van der Waals surface area contributed by atoms with Crippen LogP contribution in [0.15, 0.2) is 42.5 Å². The number of hydrogen-bond donors (Lipinski definition) is 2. The number of hydrogen-bond acceptors (Lipinski definition) is 3. The van der Waals surface area contributed by atoms with Gasteiger partial charge in [-0.1, -0.05) is 18.2 Å². The fourth-order valence-corrected chi connectivity index (χ4v) is 3.25. The van der Waals surface area contributed by atoms with Gasteiger partial charge in [0.25, 0.3) is 5.91 Å². The van der Waals surface area contributed by atoms with Crippen molar-refractivity contribution in [1.82, 2.24) is 4.90 Å². The molecule has 1 fully saturated rings. The number of nitrogens with two attached hydrogens (primary N) is 1. The predicted molar refractivity (Wildman–Crippen MR) is 105 cm³/mol. The van der Waals surface area contributed by atoms with Crippen molar-refractivity contribution < 1.29 is 14.3 Å². The van der Waals surface area contributed by atoms with E-state index in [0.29, 0.717) is 24.3 Å². The van der Waals surface area contributed by atoms with Gasteiger partial charge in [0.05, 0.1) is 0 Å². The number of ether oxygens (including phenoxy) is 1. The van der Waals surface area contributed by atoms with Crippen LogP contribution in [-0.4, -0.2) is 36.0 Å². The monoisotopic (exact) mass is 367 g/mol. The van der Waals surface area contributed by atoms with Crippen LogP contribution in [0.2, 0.25) is 0 Å². The second-order valence-electron chi connectivity index (χ2n) is 6.95. The molecule has 0 radical (unpaired) electrons. The highest BCUT2D eigenvalue weighted by atomic mass is 16.5. The van der Waals surface area contributed by atoms with E-state index in [1.807, 2.05) is 11.8 Å². The third-order valence-electron chi connectivity index (χ3n) is 4.74. The molecule has 142 valence electrons. The summed E-state index contributed by atoms with van der Waals surface area (Å²) in [6, 6.07) is 12.4. The molecule has 2 aromatic carbocycles. The highest BCUT2D eigenvalue weighted by Gasteiger charge is 2.25. The van der Waals surface area contributed by atoms with Crippen molar-refractivity contribution in [2.45, 2.75) is 32.8 Å². The highest BCUT2D eigenvalue weighted by molar-refractivity contribution is 5.96. The van der Waals surface area contributed by atoms with Crippen LogP contribution >= 0.6 is 0 Å². The lowest BCUT2D eigenvalue weighted by atomic mass is 10.1. The molecular weight excluding hydrogens is 342 g/mol. The van der Waals surface area contributed by atoms with Gasteiger partial charge in [-0.05, 0) is 49.2 Å². The maximum Gasteiger partial charge on any atom is 0.316 e. The van der Waals surface area contributed by atoms with Crippen LogP contribution in [0.3, 0.4) is 0 Å². The Hall–Kier alpha value is -3.02. The molecule has 0 saturated carbocycles. The summed E-state index contributed by atoms with van der Waals surface area (Å²) in [5, 5.41) is 2.50. The Balaban J connectivity index is 1.59. The number of carbonyl (C=O) groups is 2. The minimum absolute atomic E-state index is 0.0479. The first-order chi connectivity index (χ1) is 12.9. The molecule has 6 heteroatoms. The molecule has 1 saturated heterocycles. The van der Waals surface area contributed by atoms with Crippen LogP contribution in [-0.2, 0) is 0 Å². The predicted octanol–water partition coefficient (Wildman–Crippen LogP) is 3.48. The molecule has 1 heterocycles. The molecule has 0 aliphatic carbocycles. The smallest absolute Gasteiger partial charge is 0.316 e. The van der Waals surface area contributed by atoms with Gasteiger partial charge in [-0.3, -0.25) is 4.79 Å². The third kappa shape index (κ3) is 4.78. The summed E-state index contributed by atoms with van der Waals surface area (Å²) in [5.41, 5.74) is 8.48. The Morgan fingerprint density at radius 3 is 2.56 bits per heavy atom. The topological polar surface area (TPSA) is 84.7 Å². The summed E-state index contributed by atoms with van der Waals surface area (Å²) in [4.78, 5) is 25.6. The van der Waals surface area contributed by atoms with Crippen LogP contribution in [0.5, 0.6) is 5.75 Å². The molecule has 3 rings (SSSR count). The second kappa shape index (κ2) is 8.12. The lowest BCUT2D eigenvalue weighted by Crippen LogP contribution is -2.41. The first-order valence-electron chi connectivity index (χ1n) is 9.12. The van der Waals surface area contributed by atoms with Gasteiger partial charge in [0.15, 0.2) is 0 Å². The molecule has 1 aliphatic rings. The van der Waals surface area contributed by atoms with Gasteiger partial charge in [0.2, 0.25) is 0 Å². The van der Waals surface area contributed by atoms with Crippen LogP contribution < -0.4 is 15.8 Å². The zero-order chi connectivity index (χ0) is 19.4. The van der Waals surface area contributed by atoms with E-state index in [0.717, 1.165) is 24.2 Å². The highest BCUT2D eigenvalue weighted by Crippen LogP contribution is 2.24. The van der Waals surface area contributed by atoms with E-state index >= 15 is 0 Å². The van der Waals surface area contributed by atoms with Gasteiger partial charge >= 0.3 is 6.03 Å². The number of rotatable bonds is 4. The van der Waals surface area contributed by atoms with Crippen molar-refractivity contribution in [3.8, 4) is 5.75 Å². The largest absolute Gasteiger partial charge is 0.490 e. The summed E-state index contributed by atoms with van der Waals surface area (Å²) >= 11 is 0. The normalized spacial score (nSPS) is 14.7. The second-order valence-corrected chi connectivity index (χ2v) is 6.95. The number of amides is 3. The van der Waals surface area contributed by atoms with Crippen molar-refractivity contribution in [1.29, 1.82) is 0 Å². The molecule has 1 aliphatic heterocycles. The van der Waals surface area contributed by atoms with Crippen molar-refractivity contribution in [2.24, 2.45) is 5.73 Å². The number of nitrogens with one attached hydrogen (secondary N) is 1. The molecule has 6 nitrogen and oxygen atoms in total. The van der Waals surface area contributed by atoms with Gasteiger partial charge in [0.1, 0.15) is 11.9 Å². The summed E-state index contributed by atoms with van der Waals surface area (Å²) < 4.78 is 6.16. The Morgan fingerprint density at radius 2 is 1.85 bits per heavy atom. The van der Waals surface area contributed by atoms with E-state index < -0.39 is 6.03 Å². The molecular formula is C21H25N3O3. The summed E-state index contributed by atoms with van der Waals surface area (Å²) in [6.45, 7) is 5.37. The van der Waals surface area contributed by atoms with E-state index in [1.165, 1.54) is 5.56 Å². The molecule has 27 heavy (non-hydrogen) atoms. The average Bonchev–Trinajstić information content (AvgIpc) is 2.64. The molecule has 3 N–H and O–H groups in total. The zero-order valence-electron chi connectivity index (χ0n) is 15.7. The van der Waals surface area contributed by atoms with Crippen molar-refractivity contribution in [3.63, 3.8) is 0 Å². The average molecular weight is 367 g/mol. The van der Waals surface area contributed by atoms with E-state index in [4.69, 9.17) is 10.5 Å². The van der Waals surface area contributed by atoms with Crippen LogP contribution in [0.1, 0.15) is 34.3 Å². The number of nitrogens with zero attached hydrogens (tertiary/aromatic N) is 1. The minimum Gasteiger partial charge on any atom is -0.490 e. The maximum atomic E-state index is 12.7. The van der Waals surface area contributed by atoms with Crippen LogP contribution in [0.25, 0.3) is 0 Å². The molecule has 0 bridgehead atoms. The van der Waals surface area contributed by atoms with E-state index in [2.05, 4.69) is 30.4 Å². The Kier molecular flexibility index (Phi) is 5.64. The van der Waals surface area contributed by atoms with Crippen LogP contribution in [0, 0.1) is 13.8 Å². The Labute approximate surface area is 159 Å². The number of primary amides is 1. The van der Waals surface area contributed by atoms with Crippen molar-refractivity contribution >= 4 is 17.6 Å². The number of benzene rings is 2. The fraction of sp³-hybridized carbons (Fsp3) is 0.333. The molecule has 0 unspecified atom stereocenters. The molecule has 3 amide bonds. The first-order valence-corrected chi connectivity index (χ1v) is 9.12. The standard InChI is InChI=1S/C21H25N3O3/c1-14-6-7-15(2)19(12-14)27-18-8-10-24(11-9-18)20(25)16-4-3-5-17(13-16)23-21(22)26/h3-7,12-13,18H,8-11H2,1-2H3,(H3,22,23,26). The third-order valence-corrected chi connectivity index (χ3v) is 4.74. The van der Waals surface area contributed by atoms with E-state index in [-0.39, 0.29) is 12.0 Å². The number of carbonyl (C=O) groups excluding carboxylic acids is 2. The van der Waals surface area contributed by atoms with E-state index in [9.17, 15) is 9.59 Å². The Morgan fingerprint density at radius 1 is 1.11 bits per heavy atom. The first kappa shape index (κ1) is 18.8. The quantitative estimate of drug-likeness (QED) is 0.868. The molecule has 2 aromatic rings.